The van der Waals surface area contributed by atoms with Gasteiger partial charge in [0.2, 0.25) is 5.60 Å². The first kappa shape index (κ1) is 10.5. The normalized spacial score (nSPS) is 29.6. The van der Waals surface area contributed by atoms with Crippen molar-refractivity contribution < 1.29 is 14.4 Å². The van der Waals surface area contributed by atoms with E-state index in [1.54, 1.807) is 6.92 Å². The highest BCUT2D eigenvalue weighted by Crippen LogP contribution is 2.31. The molecule has 1 fully saturated rings. The zero-order valence-corrected chi connectivity index (χ0v) is 9.28. The van der Waals surface area contributed by atoms with Gasteiger partial charge < -0.3 is 9.57 Å². The number of rotatable bonds is 4. The summed E-state index contributed by atoms with van der Waals surface area (Å²) in [7, 11) is 0. The smallest absolute Gasteiger partial charge is 0.353 e. The Hall–Kier alpha value is -1.06. The molecule has 1 unspecified atom stereocenters. The lowest BCUT2D eigenvalue weighted by atomic mass is 9.99. The van der Waals surface area contributed by atoms with Crippen molar-refractivity contribution in [3.05, 3.63) is 0 Å². The molecule has 0 bridgehead atoms. The van der Waals surface area contributed by atoms with Crippen LogP contribution in [0.15, 0.2) is 5.16 Å². The van der Waals surface area contributed by atoms with Crippen molar-refractivity contribution in [1.82, 2.24) is 0 Å². The van der Waals surface area contributed by atoms with Crippen molar-refractivity contribution in [3.8, 4) is 0 Å². The van der Waals surface area contributed by atoms with Gasteiger partial charge >= 0.3 is 5.97 Å². The lowest BCUT2D eigenvalue weighted by Gasteiger charge is -2.19. The second kappa shape index (κ2) is 3.83. The summed E-state index contributed by atoms with van der Waals surface area (Å²) >= 11 is 0. The number of hydrogen-bond acceptors (Lipinski definition) is 4. The van der Waals surface area contributed by atoms with Gasteiger partial charge in [-0.2, -0.15) is 0 Å². The van der Waals surface area contributed by atoms with Crippen molar-refractivity contribution in [2.75, 3.05) is 6.61 Å². The fraction of sp³-hybridized carbons (Fsp3) is 0.818. The van der Waals surface area contributed by atoms with Gasteiger partial charge in [-0.15, -0.1) is 0 Å². The molecule has 0 aromatic rings. The Bertz CT molecular complexity index is 296. The highest BCUT2D eigenvalue weighted by atomic mass is 16.7. The average molecular weight is 211 g/mol. The van der Waals surface area contributed by atoms with E-state index in [4.69, 9.17) is 9.57 Å². The number of nitrogens with zero attached hydrogens (tertiary/aromatic N) is 1. The number of carbonyl (C=O) groups is 1. The van der Waals surface area contributed by atoms with Gasteiger partial charge in [0, 0.05) is 6.42 Å². The highest BCUT2D eigenvalue weighted by Gasteiger charge is 2.43. The van der Waals surface area contributed by atoms with Gasteiger partial charge in [-0.05, 0) is 32.1 Å². The molecule has 2 rings (SSSR count). The molecule has 0 aromatic carbocycles. The summed E-state index contributed by atoms with van der Waals surface area (Å²) in [4.78, 5) is 16.9. The third-order valence-electron chi connectivity index (χ3n) is 2.90. The summed E-state index contributed by atoms with van der Waals surface area (Å²) in [6.45, 7) is 4.29. The lowest BCUT2D eigenvalue weighted by molar-refractivity contribution is -0.167. The second-order valence-corrected chi connectivity index (χ2v) is 4.55. The average Bonchev–Trinajstić information content (AvgIpc) is 2.98. The molecule has 1 aliphatic heterocycles. The van der Waals surface area contributed by atoms with Gasteiger partial charge in [0.25, 0.3) is 0 Å². The number of hydrogen-bond donors (Lipinski definition) is 0. The third-order valence-corrected chi connectivity index (χ3v) is 2.90. The molecular weight excluding hydrogens is 194 g/mol. The van der Waals surface area contributed by atoms with Gasteiger partial charge in [0.1, 0.15) is 0 Å². The first-order chi connectivity index (χ1) is 7.14. The quantitative estimate of drug-likeness (QED) is 0.667. The zero-order chi connectivity index (χ0) is 10.9. The van der Waals surface area contributed by atoms with Crippen molar-refractivity contribution in [2.45, 2.75) is 45.1 Å². The van der Waals surface area contributed by atoms with Crippen LogP contribution in [0.5, 0.6) is 0 Å². The highest BCUT2D eigenvalue weighted by molar-refractivity contribution is 5.93. The summed E-state index contributed by atoms with van der Waals surface area (Å²) in [5.74, 6) is 0.312. The van der Waals surface area contributed by atoms with Crippen molar-refractivity contribution >= 4 is 11.7 Å². The Kier molecular flexibility index (Phi) is 2.67. The minimum absolute atomic E-state index is 0.276. The molecular formula is C11H17NO3. The van der Waals surface area contributed by atoms with Crippen LogP contribution < -0.4 is 0 Å². The monoisotopic (exact) mass is 211 g/mol. The van der Waals surface area contributed by atoms with Crippen LogP contribution in [0.25, 0.3) is 0 Å². The molecule has 2 aliphatic rings. The number of esters is 1. The maximum atomic E-state index is 11.7. The maximum absolute atomic E-state index is 11.7. The summed E-state index contributed by atoms with van der Waals surface area (Å²) in [6.07, 6.45) is 3.75. The molecule has 0 saturated heterocycles. The van der Waals surface area contributed by atoms with Gasteiger partial charge in [0.05, 0.1) is 12.3 Å². The number of oxime groups is 1. The Labute approximate surface area is 89.6 Å². The molecule has 0 aromatic heterocycles. The number of ether oxygens (including phenoxy) is 1. The molecule has 1 heterocycles. The van der Waals surface area contributed by atoms with E-state index in [-0.39, 0.29) is 5.97 Å². The molecule has 0 radical (unpaired) electrons. The van der Waals surface area contributed by atoms with Crippen LogP contribution in [-0.4, -0.2) is 23.9 Å². The van der Waals surface area contributed by atoms with Gasteiger partial charge in [-0.3, -0.25) is 0 Å². The fourth-order valence-electron chi connectivity index (χ4n) is 1.55. The Balaban J connectivity index is 1.83. The molecule has 4 heteroatoms. The van der Waals surface area contributed by atoms with Crippen LogP contribution in [0.1, 0.15) is 39.5 Å². The van der Waals surface area contributed by atoms with Crippen molar-refractivity contribution in [1.29, 1.82) is 0 Å². The summed E-state index contributed by atoms with van der Waals surface area (Å²) in [5, 5.41) is 3.89. The van der Waals surface area contributed by atoms with Crippen LogP contribution >= 0.6 is 0 Å². The van der Waals surface area contributed by atoms with Gasteiger partial charge in [-0.1, -0.05) is 12.1 Å². The summed E-state index contributed by atoms with van der Waals surface area (Å²) in [6, 6.07) is 0. The number of carbonyl (C=O) groups excluding carboxylic acids is 1. The van der Waals surface area contributed by atoms with E-state index < -0.39 is 5.60 Å². The van der Waals surface area contributed by atoms with Crippen molar-refractivity contribution in [3.63, 3.8) is 0 Å². The first-order valence-corrected chi connectivity index (χ1v) is 5.55. The minimum atomic E-state index is -0.875. The second-order valence-electron chi connectivity index (χ2n) is 4.55. The van der Waals surface area contributed by atoms with E-state index in [1.165, 1.54) is 12.8 Å². The zero-order valence-electron chi connectivity index (χ0n) is 9.28. The predicted octanol–water partition coefficient (Wildman–Crippen LogP) is 1.88. The van der Waals surface area contributed by atoms with E-state index in [9.17, 15) is 4.79 Å². The Morgan fingerprint density at radius 3 is 2.93 bits per heavy atom. The predicted molar refractivity (Wildman–Crippen MR) is 55.5 cm³/mol. The third kappa shape index (κ3) is 2.30. The molecule has 1 atom stereocenters. The molecule has 1 saturated carbocycles. The van der Waals surface area contributed by atoms with E-state index in [0.717, 1.165) is 12.1 Å². The molecule has 0 N–H and O–H groups in total. The maximum Gasteiger partial charge on any atom is 0.353 e. The molecule has 0 spiro atoms. The van der Waals surface area contributed by atoms with Crippen LogP contribution in [0, 0.1) is 5.92 Å². The largest absolute Gasteiger partial charge is 0.462 e. The molecule has 0 amide bonds. The first-order valence-electron chi connectivity index (χ1n) is 5.55. The van der Waals surface area contributed by atoms with Crippen LogP contribution in [0.3, 0.4) is 0 Å². The van der Waals surface area contributed by atoms with Crippen LogP contribution in [-0.2, 0) is 14.4 Å². The van der Waals surface area contributed by atoms with Crippen LogP contribution in [0.2, 0.25) is 0 Å². The topological polar surface area (TPSA) is 47.9 Å². The van der Waals surface area contributed by atoms with Crippen LogP contribution in [0.4, 0.5) is 0 Å². The molecule has 1 aliphatic carbocycles. The minimum Gasteiger partial charge on any atom is -0.462 e. The Morgan fingerprint density at radius 2 is 2.40 bits per heavy atom. The van der Waals surface area contributed by atoms with E-state index in [1.807, 2.05) is 6.92 Å². The SMILES string of the molecule is CCC1=NOC(C)(C(=O)OCC2CC2)C1. The lowest BCUT2D eigenvalue weighted by Crippen LogP contribution is -2.37. The molecule has 15 heavy (non-hydrogen) atoms. The van der Waals surface area contributed by atoms with Gasteiger partial charge in [-0.25, -0.2) is 4.79 Å². The summed E-state index contributed by atoms with van der Waals surface area (Å²) in [5.41, 5.74) is 0.0566. The molecule has 4 nitrogen and oxygen atoms in total. The van der Waals surface area contributed by atoms with E-state index in [0.29, 0.717) is 18.9 Å². The Morgan fingerprint density at radius 1 is 1.67 bits per heavy atom. The fourth-order valence-corrected chi connectivity index (χ4v) is 1.55. The standard InChI is InChI=1S/C11H17NO3/c1-3-9-6-11(2,15-12-9)10(13)14-7-8-4-5-8/h8H,3-7H2,1-2H3. The van der Waals surface area contributed by atoms with E-state index in [2.05, 4.69) is 5.16 Å². The van der Waals surface area contributed by atoms with E-state index >= 15 is 0 Å². The van der Waals surface area contributed by atoms with Gasteiger partial charge in [0.15, 0.2) is 0 Å². The van der Waals surface area contributed by atoms with Crippen molar-refractivity contribution in [2.24, 2.45) is 11.1 Å². The summed E-state index contributed by atoms with van der Waals surface area (Å²) < 4.78 is 5.21. The molecule has 84 valence electrons.